The van der Waals surface area contributed by atoms with Crippen molar-refractivity contribution >= 4 is 29.2 Å². The molecule has 3 aromatic rings. The molecule has 3 rings (SSSR count). The van der Waals surface area contributed by atoms with Crippen LogP contribution in [0.2, 0.25) is 0 Å². The van der Waals surface area contributed by atoms with Gasteiger partial charge in [0.25, 0.3) is 0 Å². The second kappa shape index (κ2) is 4.76. The predicted molar refractivity (Wildman–Crippen MR) is 73.4 cm³/mol. The molecule has 2 aromatic heterocycles. The molecule has 0 N–H and O–H groups in total. The summed E-state index contributed by atoms with van der Waals surface area (Å²) in [5.41, 5.74) is 2.11. The normalized spacial score (nSPS) is 10.8. The van der Waals surface area contributed by atoms with Gasteiger partial charge in [-0.1, -0.05) is 31.5 Å². The van der Waals surface area contributed by atoms with E-state index in [1.807, 2.05) is 53.9 Å². The van der Waals surface area contributed by atoms with Crippen molar-refractivity contribution in [1.29, 1.82) is 0 Å². The molecule has 0 spiro atoms. The van der Waals surface area contributed by atoms with Crippen LogP contribution in [0.25, 0.3) is 10.8 Å². The first-order valence-corrected chi connectivity index (χ1v) is 6.16. The van der Waals surface area contributed by atoms with Gasteiger partial charge >= 0.3 is 0 Å². The summed E-state index contributed by atoms with van der Waals surface area (Å²) in [5, 5.41) is 11.0. The first kappa shape index (κ1) is 11.8. The van der Waals surface area contributed by atoms with Crippen molar-refractivity contribution in [3.05, 3.63) is 48.8 Å². The Morgan fingerprint density at radius 1 is 0.947 bits per heavy atom. The van der Waals surface area contributed by atoms with Crippen molar-refractivity contribution in [3.8, 4) is 0 Å². The molecule has 92 valence electrons. The van der Waals surface area contributed by atoms with Gasteiger partial charge < -0.3 is 0 Å². The monoisotopic (exact) mass is 249 g/mol. The maximum atomic E-state index is 4.39. The molecule has 0 aliphatic carbocycles. The van der Waals surface area contributed by atoms with E-state index in [1.165, 1.54) is 5.39 Å². The third kappa shape index (κ3) is 2.19. The van der Waals surface area contributed by atoms with Crippen LogP contribution < -0.4 is 20.6 Å². The highest BCUT2D eigenvalue weighted by Gasteiger charge is 2.07. The van der Waals surface area contributed by atoms with E-state index < -0.39 is 0 Å². The molecule has 0 fully saturated rings. The van der Waals surface area contributed by atoms with Gasteiger partial charge in [0.05, 0.1) is 6.20 Å². The molecule has 0 aliphatic rings. The summed E-state index contributed by atoms with van der Waals surface area (Å²) in [6.07, 6.45) is 3.66. The fourth-order valence-electron chi connectivity index (χ4n) is 2.14. The number of aryl methyl sites for hydroxylation is 2. The van der Waals surface area contributed by atoms with Crippen molar-refractivity contribution in [2.24, 2.45) is 14.1 Å². The van der Waals surface area contributed by atoms with Gasteiger partial charge in [-0.3, -0.25) is 0 Å². The van der Waals surface area contributed by atoms with E-state index in [9.17, 15) is 0 Å². The highest BCUT2D eigenvalue weighted by Crippen LogP contribution is 2.06. The maximum absolute atomic E-state index is 4.39. The Hall–Kier alpha value is -2.30. The third-order valence-electron chi connectivity index (χ3n) is 3.21. The Morgan fingerprint density at radius 3 is 2.63 bits per heavy atom. The minimum atomic E-state index is 1.04. The van der Waals surface area contributed by atoms with Gasteiger partial charge in [0.1, 0.15) is 6.20 Å². The summed E-state index contributed by atoms with van der Waals surface area (Å²) < 4.78 is 3.73. The largest absolute Gasteiger partial charge is 0.160 e. The lowest BCUT2D eigenvalue weighted by Crippen LogP contribution is -2.61. The van der Waals surface area contributed by atoms with E-state index in [-0.39, 0.29) is 0 Å². The van der Waals surface area contributed by atoms with Crippen LogP contribution in [-0.4, -0.2) is 17.5 Å². The second-order valence-corrected chi connectivity index (χ2v) is 4.46. The molecular formula is C14H14BN4+. The van der Waals surface area contributed by atoms with Crippen molar-refractivity contribution in [3.63, 3.8) is 0 Å². The molecule has 2 heterocycles. The van der Waals surface area contributed by atoms with Gasteiger partial charge in [-0.05, 0) is 33.5 Å². The topological polar surface area (TPSA) is 33.5 Å². The molecular weight excluding hydrogens is 235 g/mol. The first-order chi connectivity index (χ1) is 9.25. The van der Waals surface area contributed by atoms with Crippen LogP contribution in [0.1, 0.15) is 0 Å². The van der Waals surface area contributed by atoms with E-state index >= 15 is 0 Å². The Labute approximate surface area is 112 Å². The van der Waals surface area contributed by atoms with Gasteiger partial charge in [-0.25, -0.2) is 0 Å². The number of hydrogen-bond acceptors (Lipinski definition) is 2. The number of benzene rings is 1. The zero-order valence-corrected chi connectivity index (χ0v) is 11.0. The van der Waals surface area contributed by atoms with Crippen molar-refractivity contribution in [1.82, 2.24) is 10.2 Å². The summed E-state index contributed by atoms with van der Waals surface area (Å²) in [4.78, 5) is 0. The highest BCUT2D eigenvalue weighted by molar-refractivity contribution is 6.66. The molecule has 19 heavy (non-hydrogen) atoms. The molecule has 0 atom stereocenters. The van der Waals surface area contributed by atoms with Crippen molar-refractivity contribution in [2.45, 2.75) is 0 Å². The molecule has 5 heteroatoms. The molecule has 0 bridgehead atoms. The maximum Gasteiger partial charge on any atom is 0.160 e. The van der Waals surface area contributed by atoms with Crippen molar-refractivity contribution in [2.75, 3.05) is 0 Å². The van der Waals surface area contributed by atoms with E-state index in [0.717, 1.165) is 16.6 Å². The summed E-state index contributed by atoms with van der Waals surface area (Å²) >= 11 is 0. The van der Waals surface area contributed by atoms with Crippen LogP contribution >= 0.6 is 0 Å². The van der Waals surface area contributed by atoms with E-state index in [2.05, 4.69) is 29.6 Å². The fourth-order valence-corrected chi connectivity index (χ4v) is 2.14. The average molecular weight is 249 g/mol. The van der Waals surface area contributed by atoms with Gasteiger partial charge in [0.2, 0.25) is 0 Å². The minimum absolute atomic E-state index is 1.04. The summed E-state index contributed by atoms with van der Waals surface area (Å²) in [6.45, 7) is 0. The molecule has 0 amide bonds. The molecule has 0 unspecified atom stereocenters. The summed E-state index contributed by atoms with van der Waals surface area (Å²) in [5.74, 6) is 0. The lowest BCUT2D eigenvalue weighted by atomic mass is 9.68. The van der Waals surface area contributed by atoms with E-state index in [0.29, 0.717) is 0 Å². The van der Waals surface area contributed by atoms with Crippen LogP contribution in [0.15, 0.2) is 48.8 Å². The smallest absolute Gasteiger partial charge is 0.138 e. The molecule has 2 radical (unpaired) electrons. The quantitative estimate of drug-likeness (QED) is 0.428. The molecule has 0 saturated carbocycles. The van der Waals surface area contributed by atoms with Crippen LogP contribution in [0, 0.1) is 0 Å². The van der Waals surface area contributed by atoms with Crippen LogP contribution in [0.4, 0.5) is 0 Å². The third-order valence-corrected chi connectivity index (χ3v) is 3.21. The predicted octanol–water partition coefficient (Wildman–Crippen LogP) is -1.07. The van der Waals surface area contributed by atoms with E-state index in [4.69, 9.17) is 0 Å². The SMILES string of the molecule is C[n+]1ncccc1[B-]c1c2ccccc2cn[n+]1C. The van der Waals surface area contributed by atoms with Crippen LogP contribution in [-0.2, 0) is 14.1 Å². The fraction of sp³-hybridized carbons (Fsp3) is 0.143. The molecule has 0 saturated heterocycles. The molecule has 4 nitrogen and oxygen atoms in total. The first-order valence-electron chi connectivity index (χ1n) is 6.16. The number of rotatable bonds is 2. The lowest BCUT2D eigenvalue weighted by Gasteiger charge is -2.12. The number of fused-ring (bicyclic) bond motifs is 1. The zero-order valence-electron chi connectivity index (χ0n) is 11.0. The Kier molecular flexibility index (Phi) is 2.95. The molecule has 1 aromatic carbocycles. The Balaban J connectivity index is 2.15. The van der Waals surface area contributed by atoms with Crippen molar-refractivity contribution < 1.29 is 9.36 Å². The summed E-state index contributed by atoms with van der Waals surface area (Å²) in [7, 11) is 5.99. The average Bonchev–Trinajstić information content (AvgIpc) is 2.44. The van der Waals surface area contributed by atoms with Gasteiger partial charge in [0, 0.05) is 10.8 Å². The number of aromatic nitrogens is 4. The minimum Gasteiger partial charge on any atom is -0.138 e. The van der Waals surface area contributed by atoms with Crippen LogP contribution in [0.3, 0.4) is 0 Å². The Morgan fingerprint density at radius 2 is 1.79 bits per heavy atom. The van der Waals surface area contributed by atoms with Crippen LogP contribution in [0.5, 0.6) is 0 Å². The number of nitrogens with zero attached hydrogens (tertiary/aromatic N) is 4. The zero-order chi connectivity index (χ0) is 13.2. The number of hydrogen-bond donors (Lipinski definition) is 0. The molecule has 0 aliphatic heterocycles. The van der Waals surface area contributed by atoms with Gasteiger partial charge in [-0.2, -0.15) is 0 Å². The standard InChI is InChI=1S/C14H14BN4/c1-18-13(8-5-9-16-18)15-14-12-7-4-3-6-11(12)10-17-19(14)2/h3-10H,1-2H3/q+1. The Bertz CT molecular complexity index is 742. The lowest BCUT2D eigenvalue weighted by molar-refractivity contribution is -0.717. The highest BCUT2D eigenvalue weighted by atomic mass is 15.2. The summed E-state index contributed by atoms with van der Waals surface area (Å²) in [6, 6.07) is 12.2. The van der Waals surface area contributed by atoms with E-state index in [1.54, 1.807) is 6.20 Å². The second-order valence-electron chi connectivity index (χ2n) is 4.46. The van der Waals surface area contributed by atoms with Gasteiger partial charge in [-0.15, -0.1) is 9.36 Å². The van der Waals surface area contributed by atoms with Gasteiger partial charge in [0.15, 0.2) is 14.1 Å².